The van der Waals surface area contributed by atoms with E-state index in [1.165, 1.54) is 38.5 Å². The molecule has 0 aromatic heterocycles. The molecule has 0 saturated heterocycles. The first-order chi connectivity index (χ1) is 31.1. The van der Waals surface area contributed by atoms with Crippen LogP contribution in [0.2, 0.25) is 0 Å². The molecule has 0 fully saturated rings. The third-order valence-corrected chi connectivity index (χ3v) is 10.4. The molecule has 0 rings (SSSR count). The van der Waals surface area contributed by atoms with Gasteiger partial charge in [0.15, 0.2) is 12.4 Å². The quantitative estimate of drug-likeness (QED) is 0.0195. The van der Waals surface area contributed by atoms with E-state index in [0.29, 0.717) is 17.4 Å². The van der Waals surface area contributed by atoms with Crippen LogP contribution >= 0.6 is 0 Å². The first-order valence-corrected chi connectivity index (χ1v) is 25.2. The Kier molecular flexibility index (Phi) is 43.5. The first kappa shape index (κ1) is 60.5. The van der Waals surface area contributed by atoms with Gasteiger partial charge in [0.1, 0.15) is 13.2 Å². The summed E-state index contributed by atoms with van der Waals surface area (Å²) in [5.74, 6) is -2.32. The Hall–Kier alpha value is -3.53. The average Bonchev–Trinajstić information content (AvgIpc) is 3.26. The number of carboxylic acids is 1. The first-order valence-electron chi connectivity index (χ1n) is 25.2. The number of quaternary nitrogens is 1. The largest absolute Gasteiger partial charge is 0.545 e. The third kappa shape index (κ3) is 46.5. The van der Waals surface area contributed by atoms with Crippen LogP contribution in [0.3, 0.4) is 0 Å². The van der Waals surface area contributed by atoms with Crippen molar-refractivity contribution < 1.29 is 42.9 Å². The van der Waals surface area contributed by atoms with Crippen molar-refractivity contribution in [3.05, 3.63) is 85.1 Å². The van der Waals surface area contributed by atoms with Crippen LogP contribution < -0.4 is 5.11 Å². The molecule has 0 radical (unpaired) electrons. The number of hydrogen-bond acceptors (Lipinski definition) is 8. The van der Waals surface area contributed by atoms with Gasteiger partial charge in [0, 0.05) is 12.8 Å². The Morgan fingerprint density at radius 3 is 1.34 bits per heavy atom. The zero-order chi connectivity index (χ0) is 47.0. The number of nitrogens with zero attached hydrogens (tertiary/aromatic N) is 1. The molecule has 64 heavy (non-hydrogen) atoms. The van der Waals surface area contributed by atoms with Gasteiger partial charge in [-0.05, 0) is 89.9 Å². The summed E-state index contributed by atoms with van der Waals surface area (Å²) in [5.41, 5.74) is 0. The molecule has 9 heteroatoms. The number of likely N-dealkylation sites (N-methyl/N-ethyl adjacent to an activating group) is 1. The number of carbonyl (C=O) groups excluding carboxylic acids is 3. The van der Waals surface area contributed by atoms with Crippen molar-refractivity contribution in [1.82, 2.24) is 0 Å². The van der Waals surface area contributed by atoms with Gasteiger partial charge in [0.25, 0.3) is 0 Å². The molecule has 0 aliphatic carbocycles. The fourth-order valence-electron chi connectivity index (χ4n) is 6.47. The van der Waals surface area contributed by atoms with Crippen LogP contribution in [-0.4, -0.2) is 82.3 Å². The van der Waals surface area contributed by atoms with E-state index in [1.54, 1.807) is 0 Å². The van der Waals surface area contributed by atoms with Crippen molar-refractivity contribution in [3.63, 3.8) is 0 Å². The Morgan fingerprint density at radius 1 is 0.484 bits per heavy atom. The van der Waals surface area contributed by atoms with Gasteiger partial charge in [-0.1, -0.05) is 170 Å². The van der Waals surface area contributed by atoms with Crippen LogP contribution in [0.1, 0.15) is 187 Å². The zero-order valence-electron chi connectivity index (χ0n) is 41.4. The van der Waals surface area contributed by atoms with Crippen LogP contribution in [0.25, 0.3) is 0 Å². The second-order valence-electron chi connectivity index (χ2n) is 17.7. The van der Waals surface area contributed by atoms with Gasteiger partial charge in [-0.25, -0.2) is 0 Å². The number of esters is 2. The van der Waals surface area contributed by atoms with Crippen molar-refractivity contribution >= 4 is 17.9 Å². The van der Waals surface area contributed by atoms with Gasteiger partial charge < -0.3 is 33.3 Å². The minimum atomic E-state index is -1.63. The van der Waals surface area contributed by atoms with Gasteiger partial charge >= 0.3 is 11.9 Å². The lowest BCUT2D eigenvalue weighted by Gasteiger charge is -2.26. The summed E-state index contributed by atoms with van der Waals surface area (Å²) in [4.78, 5) is 37.1. The predicted molar refractivity (Wildman–Crippen MR) is 264 cm³/mol. The summed E-state index contributed by atoms with van der Waals surface area (Å²) in [6.45, 7) is 4.57. The fraction of sp³-hybridized carbons (Fsp3) is 0.691. The maximum absolute atomic E-state index is 12.8. The average molecular weight is 896 g/mol. The molecule has 2 atom stereocenters. The SMILES string of the molecule is CC/C=C\C/C=C\C/C=C\C/C=C\C/C=C\C/C=C\CCCCCCCCC(=O)OC(COC(=O)CCCCCCC/C=C\CCCCCCC)COC(OCC[N+](C)(C)C)C(=O)[O-]. The molecule has 0 spiro atoms. The lowest BCUT2D eigenvalue weighted by Crippen LogP contribution is -2.44. The number of rotatable bonds is 45. The van der Waals surface area contributed by atoms with Crippen molar-refractivity contribution in [1.29, 1.82) is 0 Å². The molecule has 0 amide bonds. The van der Waals surface area contributed by atoms with Gasteiger partial charge in [-0.2, -0.15) is 0 Å². The topological polar surface area (TPSA) is 111 Å². The summed E-state index contributed by atoms with van der Waals surface area (Å²) in [7, 11) is 5.90. The minimum absolute atomic E-state index is 0.139. The van der Waals surface area contributed by atoms with E-state index in [2.05, 4.69) is 98.9 Å². The summed E-state index contributed by atoms with van der Waals surface area (Å²) in [6, 6.07) is 0. The summed E-state index contributed by atoms with van der Waals surface area (Å²) in [5, 5.41) is 11.7. The maximum atomic E-state index is 12.8. The summed E-state index contributed by atoms with van der Waals surface area (Å²) < 4.78 is 22.6. The summed E-state index contributed by atoms with van der Waals surface area (Å²) in [6.07, 6.45) is 56.1. The predicted octanol–water partition coefficient (Wildman–Crippen LogP) is 12.7. The minimum Gasteiger partial charge on any atom is -0.545 e. The second-order valence-corrected chi connectivity index (χ2v) is 17.7. The Morgan fingerprint density at radius 2 is 0.891 bits per heavy atom. The monoisotopic (exact) mass is 896 g/mol. The lowest BCUT2D eigenvalue weighted by atomic mass is 10.1. The van der Waals surface area contributed by atoms with E-state index < -0.39 is 24.3 Å². The molecular weight excluding hydrogens is 803 g/mol. The van der Waals surface area contributed by atoms with Crippen LogP contribution in [-0.2, 0) is 33.3 Å². The molecule has 0 aliphatic heterocycles. The molecule has 0 aromatic carbocycles. The van der Waals surface area contributed by atoms with E-state index in [9.17, 15) is 19.5 Å². The second kappa shape index (κ2) is 46.0. The van der Waals surface area contributed by atoms with E-state index in [-0.39, 0.29) is 38.6 Å². The molecule has 0 saturated carbocycles. The molecule has 0 bridgehead atoms. The van der Waals surface area contributed by atoms with Crippen molar-refractivity contribution in [2.24, 2.45) is 0 Å². The molecular formula is C55H93NO8. The highest BCUT2D eigenvalue weighted by Crippen LogP contribution is 2.13. The van der Waals surface area contributed by atoms with Gasteiger partial charge in [-0.15, -0.1) is 0 Å². The molecule has 2 unspecified atom stereocenters. The Bertz CT molecular complexity index is 1320. The van der Waals surface area contributed by atoms with Crippen LogP contribution in [0.15, 0.2) is 85.1 Å². The molecule has 0 aliphatic rings. The lowest BCUT2D eigenvalue weighted by molar-refractivity contribution is -0.870. The maximum Gasteiger partial charge on any atom is 0.306 e. The van der Waals surface area contributed by atoms with Gasteiger partial charge in [0.2, 0.25) is 0 Å². The highest BCUT2D eigenvalue weighted by Gasteiger charge is 2.21. The van der Waals surface area contributed by atoms with E-state index in [4.69, 9.17) is 18.9 Å². The van der Waals surface area contributed by atoms with E-state index in [1.807, 2.05) is 21.1 Å². The number of hydrogen-bond donors (Lipinski definition) is 0. The van der Waals surface area contributed by atoms with Crippen molar-refractivity contribution in [2.45, 2.75) is 200 Å². The van der Waals surface area contributed by atoms with E-state index >= 15 is 0 Å². The van der Waals surface area contributed by atoms with Gasteiger partial charge in [-0.3, -0.25) is 9.59 Å². The van der Waals surface area contributed by atoms with Gasteiger partial charge in [0.05, 0.1) is 40.3 Å². The smallest absolute Gasteiger partial charge is 0.306 e. The third-order valence-electron chi connectivity index (χ3n) is 10.4. The number of ether oxygens (including phenoxy) is 4. The van der Waals surface area contributed by atoms with Crippen LogP contribution in [0.5, 0.6) is 0 Å². The number of allylic oxidation sites excluding steroid dienone is 14. The number of unbranched alkanes of at least 4 members (excludes halogenated alkanes) is 16. The number of aliphatic carboxylic acids is 1. The molecule has 0 aromatic rings. The standard InChI is InChI=1S/C55H93NO8/c1-6-8-10-12-14-16-18-20-22-23-24-25-26-27-28-29-30-31-32-34-36-38-40-42-44-46-53(58)64-51(50-63-55(54(59)60)61-48-47-56(3,4)5)49-62-52(57)45-43-41-39-37-35-33-21-19-17-15-13-11-9-7-2/h8,10,14,16,19-22,24-25,27-28,30-31,51,55H,6-7,9,11-13,15,17-18,23,26,29,32-50H2,1-5H3/b10-8-,16-14-,21-19-,22-20-,25-24-,28-27-,31-30-. The molecule has 366 valence electrons. The Labute approximate surface area is 391 Å². The number of carboxylic acid groups (broad SMARTS) is 1. The Balaban J connectivity index is 4.39. The molecule has 9 nitrogen and oxygen atoms in total. The van der Waals surface area contributed by atoms with Crippen molar-refractivity contribution in [2.75, 3.05) is 47.5 Å². The van der Waals surface area contributed by atoms with Crippen molar-refractivity contribution in [3.8, 4) is 0 Å². The molecule has 0 N–H and O–H groups in total. The summed E-state index contributed by atoms with van der Waals surface area (Å²) >= 11 is 0. The highest BCUT2D eigenvalue weighted by molar-refractivity contribution is 5.70. The fourth-order valence-corrected chi connectivity index (χ4v) is 6.47. The van der Waals surface area contributed by atoms with E-state index in [0.717, 1.165) is 116 Å². The zero-order valence-corrected chi connectivity index (χ0v) is 41.4. The molecule has 0 heterocycles. The van der Waals surface area contributed by atoms with Crippen LogP contribution in [0.4, 0.5) is 0 Å². The highest BCUT2D eigenvalue weighted by atomic mass is 16.7. The number of carbonyl (C=O) groups is 3. The van der Waals surface area contributed by atoms with Crippen LogP contribution in [0, 0.1) is 0 Å². The normalized spacial score (nSPS) is 13.6.